The van der Waals surface area contributed by atoms with Gasteiger partial charge in [0.05, 0.1) is 12.0 Å². The molecular formula is C20H26N4O5S. The summed E-state index contributed by atoms with van der Waals surface area (Å²) in [6.07, 6.45) is 0.766. The summed E-state index contributed by atoms with van der Waals surface area (Å²) in [5, 5.41) is 0. The van der Waals surface area contributed by atoms with Crippen molar-refractivity contribution >= 4 is 22.0 Å². The van der Waals surface area contributed by atoms with Gasteiger partial charge < -0.3 is 20.9 Å². The van der Waals surface area contributed by atoms with E-state index in [1.807, 2.05) is 30.3 Å². The van der Waals surface area contributed by atoms with Crippen molar-refractivity contribution in [1.29, 1.82) is 0 Å². The third kappa shape index (κ3) is 7.37. The Labute approximate surface area is 176 Å². The van der Waals surface area contributed by atoms with Gasteiger partial charge in [0, 0.05) is 6.54 Å². The van der Waals surface area contributed by atoms with E-state index < -0.39 is 22.0 Å². The number of carbonyl (C=O) groups excluding carboxylic acids is 1. The van der Waals surface area contributed by atoms with Crippen molar-refractivity contribution in [1.82, 2.24) is 4.72 Å². The fourth-order valence-electron chi connectivity index (χ4n) is 2.45. The predicted octanol–water partition coefficient (Wildman–Crippen LogP) is 1.14. The molecule has 2 aromatic rings. The summed E-state index contributed by atoms with van der Waals surface area (Å²) in [5.74, 6) is -0.212. The summed E-state index contributed by atoms with van der Waals surface area (Å²) in [6, 6.07) is 14.3. The van der Waals surface area contributed by atoms with Crippen LogP contribution in [-0.4, -0.2) is 40.0 Å². The monoisotopic (exact) mass is 434 g/mol. The van der Waals surface area contributed by atoms with E-state index in [4.69, 9.17) is 20.9 Å². The van der Waals surface area contributed by atoms with Crippen LogP contribution in [0.4, 0.5) is 0 Å². The zero-order valence-corrected chi connectivity index (χ0v) is 17.5. The van der Waals surface area contributed by atoms with Gasteiger partial charge in [-0.15, -0.1) is 0 Å². The SMILES string of the molecule is COc1ccc(S(=O)(=O)NC(N)=NCCC[C@H](N)C(=O)OCc2ccccc2)cc1. The maximum absolute atomic E-state index is 12.3. The van der Waals surface area contributed by atoms with E-state index in [1.54, 1.807) is 0 Å². The van der Waals surface area contributed by atoms with E-state index in [9.17, 15) is 13.2 Å². The summed E-state index contributed by atoms with van der Waals surface area (Å²) in [5.41, 5.74) is 12.4. The topological polar surface area (TPSA) is 146 Å². The first-order valence-corrected chi connectivity index (χ1v) is 10.7. The summed E-state index contributed by atoms with van der Waals surface area (Å²) in [7, 11) is -2.36. The summed E-state index contributed by atoms with van der Waals surface area (Å²) >= 11 is 0. The smallest absolute Gasteiger partial charge is 0.323 e. The summed E-state index contributed by atoms with van der Waals surface area (Å²) in [4.78, 5) is 15.9. The Morgan fingerprint density at radius 1 is 1.13 bits per heavy atom. The molecule has 0 amide bonds. The molecule has 0 aromatic heterocycles. The number of guanidine groups is 1. The highest BCUT2D eigenvalue weighted by Gasteiger charge is 2.16. The molecule has 9 nitrogen and oxygen atoms in total. The zero-order chi connectivity index (χ0) is 22.0. The molecule has 0 radical (unpaired) electrons. The van der Waals surface area contributed by atoms with Crippen molar-refractivity contribution < 1.29 is 22.7 Å². The highest BCUT2D eigenvalue weighted by atomic mass is 32.2. The number of ether oxygens (including phenoxy) is 2. The van der Waals surface area contributed by atoms with Crippen molar-refractivity contribution in [3.63, 3.8) is 0 Å². The van der Waals surface area contributed by atoms with E-state index in [2.05, 4.69) is 9.71 Å². The van der Waals surface area contributed by atoms with Gasteiger partial charge in [0.15, 0.2) is 0 Å². The lowest BCUT2D eigenvalue weighted by Gasteiger charge is -2.11. The Hall–Kier alpha value is -3.11. The Morgan fingerprint density at radius 2 is 1.80 bits per heavy atom. The van der Waals surface area contributed by atoms with Crippen molar-refractivity contribution in [2.75, 3.05) is 13.7 Å². The first kappa shape index (κ1) is 23.2. The second-order valence-electron chi connectivity index (χ2n) is 6.39. The van der Waals surface area contributed by atoms with Crippen LogP contribution < -0.4 is 20.9 Å². The molecule has 10 heteroatoms. The predicted molar refractivity (Wildman–Crippen MR) is 113 cm³/mol. The first-order valence-electron chi connectivity index (χ1n) is 9.25. The number of aliphatic imine (C=N–C) groups is 1. The van der Waals surface area contributed by atoms with Gasteiger partial charge in [0.25, 0.3) is 10.0 Å². The quantitative estimate of drug-likeness (QED) is 0.220. The van der Waals surface area contributed by atoms with Crippen molar-refractivity contribution in [3.8, 4) is 5.75 Å². The normalized spacial score (nSPS) is 12.8. The second-order valence-corrected chi connectivity index (χ2v) is 8.07. The van der Waals surface area contributed by atoms with Gasteiger partial charge in [-0.3, -0.25) is 9.79 Å². The van der Waals surface area contributed by atoms with Gasteiger partial charge in [0.1, 0.15) is 18.4 Å². The van der Waals surface area contributed by atoms with Crippen molar-refractivity contribution in [2.45, 2.75) is 30.4 Å². The van der Waals surface area contributed by atoms with Crippen LogP contribution in [0.2, 0.25) is 0 Å². The van der Waals surface area contributed by atoms with Gasteiger partial charge in [-0.1, -0.05) is 30.3 Å². The molecule has 0 bridgehead atoms. The number of esters is 1. The lowest BCUT2D eigenvalue weighted by atomic mass is 10.2. The van der Waals surface area contributed by atoms with Gasteiger partial charge in [-0.2, -0.15) is 0 Å². The van der Waals surface area contributed by atoms with E-state index in [0.717, 1.165) is 5.56 Å². The molecule has 2 rings (SSSR count). The molecule has 1 atom stereocenters. The number of nitrogens with one attached hydrogen (secondary N) is 1. The number of rotatable bonds is 10. The number of methoxy groups -OCH3 is 1. The number of nitrogens with two attached hydrogens (primary N) is 2. The highest BCUT2D eigenvalue weighted by Crippen LogP contribution is 2.15. The van der Waals surface area contributed by atoms with Crippen LogP contribution in [0.25, 0.3) is 0 Å². The lowest BCUT2D eigenvalue weighted by Crippen LogP contribution is -2.37. The minimum atomic E-state index is -3.85. The molecular weight excluding hydrogens is 408 g/mol. The van der Waals surface area contributed by atoms with E-state index in [-0.39, 0.29) is 24.0 Å². The minimum Gasteiger partial charge on any atom is -0.497 e. The van der Waals surface area contributed by atoms with Crippen LogP contribution in [0.3, 0.4) is 0 Å². The largest absolute Gasteiger partial charge is 0.497 e. The van der Waals surface area contributed by atoms with Gasteiger partial charge in [0.2, 0.25) is 5.96 Å². The number of benzene rings is 2. The molecule has 30 heavy (non-hydrogen) atoms. The molecule has 0 fully saturated rings. The van der Waals surface area contributed by atoms with Crippen LogP contribution in [0.5, 0.6) is 5.75 Å². The molecule has 2 aromatic carbocycles. The molecule has 0 aliphatic heterocycles. The van der Waals surface area contributed by atoms with Crippen molar-refractivity contribution in [2.24, 2.45) is 16.5 Å². The van der Waals surface area contributed by atoms with E-state index in [0.29, 0.717) is 18.6 Å². The number of hydrogen-bond donors (Lipinski definition) is 3. The second kappa shape index (κ2) is 11.2. The first-order chi connectivity index (χ1) is 14.3. The van der Waals surface area contributed by atoms with Gasteiger partial charge >= 0.3 is 5.97 Å². The van der Waals surface area contributed by atoms with Crippen LogP contribution >= 0.6 is 0 Å². The van der Waals surface area contributed by atoms with Gasteiger partial charge in [-0.05, 0) is 42.7 Å². The van der Waals surface area contributed by atoms with Gasteiger partial charge in [-0.25, -0.2) is 13.1 Å². The average molecular weight is 435 g/mol. The van der Waals surface area contributed by atoms with Crippen LogP contribution in [-0.2, 0) is 26.2 Å². The molecule has 0 saturated carbocycles. The number of nitrogens with zero attached hydrogens (tertiary/aromatic N) is 1. The maximum atomic E-state index is 12.3. The third-order valence-electron chi connectivity index (χ3n) is 4.09. The summed E-state index contributed by atoms with van der Waals surface area (Å²) < 4.78 is 36.9. The third-order valence-corrected chi connectivity index (χ3v) is 5.46. The van der Waals surface area contributed by atoms with Crippen molar-refractivity contribution in [3.05, 3.63) is 60.2 Å². The Bertz CT molecular complexity index is 947. The highest BCUT2D eigenvalue weighted by molar-refractivity contribution is 7.90. The van der Waals surface area contributed by atoms with E-state index in [1.165, 1.54) is 31.4 Å². The molecule has 0 saturated heterocycles. The lowest BCUT2D eigenvalue weighted by molar-refractivity contribution is -0.146. The standard InChI is InChI=1S/C20H26N4O5S/c1-28-16-9-11-17(12-10-16)30(26,27)24-20(22)23-13-5-8-18(21)19(25)29-14-15-6-3-2-4-7-15/h2-4,6-7,9-12,18H,5,8,13-14,21H2,1H3,(H3,22,23,24)/t18-/m0/s1. The zero-order valence-electron chi connectivity index (χ0n) is 16.7. The summed E-state index contributed by atoms with van der Waals surface area (Å²) in [6.45, 7) is 0.363. The fraction of sp³-hybridized carbons (Fsp3) is 0.300. The Morgan fingerprint density at radius 3 is 2.43 bits per heavy atom. The van der Waals surface area contributed by atoms with E-state index >= 15 is 0 Å². The average Bonchev–Trinajstić information content (AvgIpc) is 2.75. The molecule has 0 aliphatic carbocycles. The van der Waals surface area contributed by atoms with Crippen LogP contribution in [0.1, 0.15) is 18.4 Å². The van der Waals surface area contributed by atoms with Crippen LogP contribution in [0, 0.1) is 0 Å². The van der Waals surface area contributed by atoms with Crippen LogP contribution in [0.15, 0.2) is 64.5 Å². The number of hydrogen-bond acceptors (Lipinski definition) is 7. The Balaban J connectivity index is 1.75. The number of sulfonamides is 1. The molecule has 0 spiro atoms. The fourth-order valence-corrected chi connectivity index (χ4v) is 3.40. The molecule has 0 unspecified atom stereocenters. The minimum absolute atomic E-state index is 0.0321. The maximum Gasteiger partial charge on any atom is 0.323 e. The number of carbonyl (C=O) groups is 1. The Kier molecular flexibility index (Phi) is 8.63. The molecule has 0 aliphatic rings. The molecule has 0 heterocycles. The molecule has 5 N–H and O–H groups in total. The molecule has 162 valence electrons.